The number of aromatic nitrogens is 2. The van der Waals surface area contributed by atoms with Gasteiger partial charge in [-0.15, -0.1) is 11.3 Å². The molecule has 1 atom stereocenters. The van der Waals surface area contributed by atoms with E-state index in [2.05, 4.69) is 9.97 Å². The van der Waals surface area contributed by atoms with Gasteiger partial charge in [0.25, 0.3) is 5.91 Å². The minimum atomic E-state index is -0.151. The summed E-state index contributed by atoms with van der Waals surface area (Å²) >= 11 is 7.39. The molecule has 0 saturated carbocycles. The van der Waals surface area contributed by atoms with Crippen molar-refractivity contribution < 1.29 is 9.53 Å². The Hall–Kier alpha value is -2.28. The van der Waals surface area contributed by atoms with Crippen LogP contribution >= 0.6 is 22.9 Å². The van der Waals surface area contributed by atoms with Crippen molar-refractivity contribution in [2.24, 2.45) is 0 Å². The van der Waals surface area contributed by atoms with Gasteiger partial charge in [0.05, 0.1) is 13.2 Å². The Morgan fingerprint density at radius 3 is 2.88 bits per heavy atom. The first-order chi connectivity index (χ1) is 12.7. The summed E-state index contributed by atoms with van der Waals surface area (Å²) in [5.74, 6) is -0.0707. The fourth-order valence-electron chi connectivity index (χ4n) is 2.87. The van der Waals surface area contributed by atoms with Gasteiger partial charge in [-0.25, -0.2) is 4.98 Å². The Balaban J connectivity index is 1.49. The Labute approximate surface area is 160 Å². The molecule has 3 heterocycles. The van der Waals surface area contributed by atoms with Crippen LogP contribution in [0.3, 0.4) is 0 Å². The normalized spacial score (nSPS) is 17.3. The monoisotopic (exact) mass is 385 g/mol. The number of morpholine rings is 1. The summed E-state index contributed by atoms with van der Waals surface area (Å²) in [5, 5.41) is 3.28. The molecule has 0 aliphatic carbocycles. The number of halogens is 1. The number of ether oxygens (including phenoxy) is 1. The molecule has 2 aromatic heterocycles. The molecule has 1 saturated heterocycles. The van der Waals surface area contributed by atoms with Crippen LogP contribution in [0.1, 0.15) is 22.2 Å². The lowest BCUT2D eigenvalue weighted by molar-refractivity contribution is -0.0229. The fourth-order valence-corrected chi connectivity index (χ4v) is 3.78. The number of hydrogen-bond donors (Lipinski definition) is 0. The van der Waals surface area contributed by atoms with Crippen molar-refractivity contribution in [2.45, 2.75) is 6.10 Å². The minimum absolute atomic E-state index is 0.0707. The van der Waals surface area contributed by atoms with E-state index in [1.807, 2.05) is 36.4 Å². The highest BCUT2D eigenvalue weighted by atomic mass is 35.5. The molecular formula is C19H16ClN3O2S. The van der Waals surface area contributed by atoms with Gasteiger partial charge in [-0.05, 0) is 29.8 Å². The number of amides is 1. The molecule has 26 heavy (non-hydrogen) atoms. The van der Waals surface area contributed by atoms with Gasteiger partial charge >= 0.3 is 0 Å². The molecule has 0 radical (unpaired) electrons. The zero-order valence-electron chi connectivity index (χ0n) is 13.8. The average Bonchev–Trinajstić information content (AvgIpc) is 3.19. The van der Waals surface area contributed by atoms with Crippen LogP contribution in [0.2, 0.25) is 5.02 Å². The van der Waals surface area contributed by atoms with E-state index in [0.717, 1.165) is 16.1 Å². The van der Waals surface area contributed by atoms with E-state index in [4.69, 9.17) is 16.3 Å². The number of pyridine rings is 1. The van der Waals surface area contributed by atoms with Gasteiger partial charge in [-0.1, -0.05) is 23.7 Å². The second-order valence-electron chi connectivity index (χ2n) is 5.94. The van der Waals surface area contributed by atoms with E-state index in [0.29, 0.717) is 30.4 Å². The van der Waals surface area contributed by atoms with Crippen LogP contribution in [0, 0.1) is 0 Å². The van der Waals surface area contributed by atoms with Gasteiger partial charge in [0.2, 0.25) is 0 Å². The van der Waals surface area contributed by atoms with Gasteiger partial charge < -0.3 is 9.64 Å². The summed E-state index contributed by atoms with van der Waals surface area (Å²) in [6.45, 7) is 1.56. The summed E-state index contributed by atoms with van der Waals surface area (Å²) in [6.07, 6.45) is 3.31. The Kier molecular flexibility index (Phi) is 4.97. The number of carbonyl (C=O) groups is 1. The molecule has 5 nitrogen and oxygen atoms in total. The molecule has 0 unspecified atom stereocenters. The van der Waals surface area contributed by atoms with E-state index in [9.17, 15) is 4.79 Å². The molecule has 0 bridgehead atoms. The fraction of sp³-hybridized carbons (Fsp3) is 0.211. The van der Waals surface area contributed by atoms with Crippen molar-refractivity contribution >= 4 is 28.8 Å². The van der Waals surface area contributed by atoms with Crippen molar-refractivity contribution in [3.05, 3.63) is 70.5 Å². The first kappa shape index (κ1) is 17.1. The molecular weight excluding hydrogens is 370 g/mol. The molecule has 0 N–H and O–H groups in total. The van der Waals surface area contributed by atoms with Crippen molar-refractivity contribution in [2.75, 3.05) is 19.7 Å². The molecule has 0 spiro atoms. The van der Waals surface area contributed by atoms with Crippen LogP contribution in [-0.2, 0) is 4.74 Å². The highest BCUT2D eigenvalue weighted by Gasteiger charge is 2.27. The predicted octanol–water partition coefficient (Wildman–Crippen LogP) is 4.07. The van der Waals surface area contributed by atoms with Crippen LogP contribution in [0.4, 0.5) is 0 Å². The number of nitrogens with zero attached hydrogens (tertiary/aromatic N) is 3. The lowest BCUT2D eigenvalue weighted by Gasteiger charge is -2.32. The number of rotatable bonds is 3. The molecule has 1 aliphatic heterocycles. The number of benzene rings is 1. The highest BCUT2D eigenvalue weighted by molar-refractivity contribution is 7.13. The van der Waals surface area contributed by atoms with Crippen LogP contribution in [0.15, 0.2) is 54.2 Å². The van der Waals surface area contributed by atoms with Gasteiger partial charge in [-0.2, -0.15) is 0 Å². The summed E-state index contributed by atoms with van der Waals surface area (Å²) in [5.41, 5.74) is 2.39. The van der Waals surface area contributed by atoms with Crippen molar-refractivity contribution in [1.82, 2.24) is 14.9 Å². The Bertz CT molecular complexity index is 899. The van der Waals surface area contributed by atoms with Gasteiger partial charge in [-0.3, -0.25) is 9.78 Å². The lowest BCUT2D eigenvalue weighted by atomic mass is 10.1. The van der Waals surface area contributed by atoms with Crippen molar-refractivity contribution in [3.8, 4) is 10.6 Å². The largest absolute Gasteiger partial charge is 0.370 e. The van der Waals surface area contributed by atoms with Crippen LogP contribution in [-0.4, -0.2) is 40.5 Å². The van der Waals surface area contributed by atoms with Gasteiger partial charge in [0.15, 0.2) is 0 Å². The van der Waals surface area contributed by atoms with E-state index in [1.165, 1.54) is 11.3 Å². The topological polar surface area (TPSA) is 55.3 Å². The van der Waals surface area contributed by atoms with Crippen molar-refractivity contribution in [1.29, 1.82) is 0 Å². The molecule has 1 aromatic carbocycles. The zero-order valence-corrected chi connectivity index (χ0v) is 15.4. The summed E-state index contributed by atoms with van der Waals surface area (Å²) in [4.78, 5) is 23.2. The predicted molar refractivity (Wildman–Crippen MR) is 101 cm³/mol. The smallest absolute Gasteiger partial charge is 0.273 e. The standard InChI is InChI=1S/C19H16ClN3O2S/c20-15-5-3-13(4-6-15)17-11-23(8-9-25-17)19(24)16-12-26-18(22-16)14-2-1-7-21-10-14/h1-7,10,12,17H,8-9,11H2/t17-/m1/s1. The van der Waals surface area contributed by atoms with Crippen LogP contribution < -0.4 is 0 Å². The zero-order chi connectivity index (χ0) is 17.9. The van der Waals surface area contributed by atoms with E-state index in [1.54, 1.807) is 22.7 Å². The summed E-state index contributed by atoms with van der Waals surface area (Å²) in [6, 6.07) is 11.3. The molecule has 4 rings (SSSR count). The lowest BCUT2D eigenvalue weighted by Crippen LogP contribution is -2.42. The first-order valence-electron chi connectivity index (χ1n) is 8.23. The molecule has 7 heteroatoms. The third-order valence-corrected chi connectivity index (χ3v) is 5.37. The van der Waals surface area contributed by atoms with Gasteiger partial charge in [0, 0.05) is 34.9 Å². The van der Waals surface area contributed by atoms with E-state index >= 15 is 0 Å². The second kappa shape index (κ2) is 7.53. The maximum Gasteiger partial charge on any atom is 0.273 e. The van der Waals surface area contributed by atoms with Crippen molar-refractivity contribution in [3.63, 3.8) is 0 Å². The maximum absolute atomic E-state index is 12.9. The Morgan fingerprint density at radius 2 is 2.12 bits per heavy atom. The Morgan fingerprint density at radius 1 is 1.27 bits per heavy atom. The molecule has 1 amide bonds. The molecule has 1 aliphatic rings. The SMILES string of the molecule is O=C(c1csc(-c2cccnc2)n1)N1CCO[C@@H](c2ccc(Cl)cc2)C1. The summed E-state index contributed by atoms with van der Waals surface area (Å²) < 4.78 is 5.83. The average molecular weight is 386 g/mol. The third kappa shape index (κ3) is 3.62. The quantitative estimate of drug-likeness (QED) is 0.681. The maximum atomic E-state index is 12.9. The first-order valence-corrected chi connectivity index (χ1v) is 9.49. The highest BCUT2D eigenvalue weighted by Crippen LogP contribution is 2.27. The van der Waals surface area contributed by atoms with E-state index in [-0.39, 0.29) is 12.0 Å². The number of thiazole rings is 1. The van der Waals surface area contributed by atoms with Gasteiger partial charge in [0.1, 0.15) is 16.8 Å². The molecule has 3 aromatic rings. The number of hydrogen-bond acceptors (Lipinski definition) is 5. The number of carbonyl (C=O) groups excluding carboxylic acids is 1. The second-order valence-corrected chi connectivity index (χ2v) is 7.24. The minimum Gasteiger partial charge on any atom is -0.370 e. The molecule has 1 fully saturated rings. The van der Waals surface area contributed by atoms with Crippen LogP contribution in [0.25, 0.3) is 10.6 Å². The molecule has 132 valence electrons. The van der Waals surface area contributed by atoms with Crippen LogP contribution in [0.5, 0.6) is 0 Å². The third-order valence-electron chi connectivity index (χ3n) is 4.23. The van der Waals surface area contributed by atoms with E-state index < -0.39 is 0 Å². The summed E-state index contributed by atoms with van der Waals surface area (Å²) in [7, 11) is 0.